The summed E-state index contributed by atoms with van der Waals surface area (Å²) < 4.78 is 39.2. The minimum atomic E-state index is -3.38. The van der Waals surface area contributed by atoms with Crippen LogP contribution < -0.4 is 10.3 Å². The second kappa shape index (κ2) is 7.27. The number of nitrogens with one attached hydrogen (secondary N) is 2. The molecule has 2 N–H and O–H groups in total. The fourth-order valence-electron chi connectivity index (χ4n) is 2.75. The van der Waals surface area contributed by atoms with Crippen LogP contribution in [0.25, 0.3) is 0 Å². The molecular formula is C17H21FN3O2S+. The average molecular weight is 350 g/mol. The molecule has 1 aromatic heterocycles. The van der Waals surface area contributed by atoms with Gasteiger partial charge in [-0.25, -0.2) is 17.8 Å². The number of pyridine rings is 1. The monoisotopic (exact) mass is 350 g/mol. The van der Waals surface area contributed by atoms with Crippen LogP contribution in [0.15, 0.2) is 47.5 Å². The first-order chi connectivity index (χ1) is 11.6. The Morgan fingerprint density at radius 2 is 1.79 bits per heavy atom. The van der Waals surface area contributed by atoms with Crippen molar-refractivity contribution in [1.82, 2.24) is 4.31 Å². The van der Waals surface area contributed by atoms with Crippen LogP contribution >= 0.6 is 0 Å². The third-order valence-corrected chi connectivity index (χ3v) is 6.02. The molecule has 7 heteroatoms. The Morgan fingerprint density at radius 1 is 1.08 bits per heavy atom. The highest BCUT2D eigenvalue weighted by molar-refractivity contribution is 7.89. The van der Waals surface area contributed by atoms with Gasteiger partial charge in [0.25, 0.3) is 5.82 Å². The maximum atomic E-state index is 12.8. The maximum absolute atomic E-state index is 12.8. The molecule has 2 heterocycles. The van der Waals surface area contributed by atoms with E-state index in [2.05, 4.69) is 10.3 Å². The molecule has 1 saturated heterocycles. The van der Waals surface area contributed by atoms with E-state index in [1.807, 2.05) is 0 Å². The van der Waals surface area contributed by atoms with E-state index in [9.17, 15) is 12.8 Å². The Bertz CT molecular complexity index is 770. The van der Waals surface area contributed by atoms with E-state index in [0.29, 0.717) is 19.6 Å². The number of sulfonamides is 1. The summed E-state index contributed by atoms with van der Waals surface area (Å²) in [5, 5.41) is 3.20. The van der Waals surface area contributed by atoms with Crippen molar-refractivity contribution in [3.8, 4) is 0 Å². The Labute approximate surface area is 141 Å². The van der Waals surface area contributed by atoms with Crippen LogP contribution in [0.1, 0.15) is 18.4 Å². The van der Waals surface area contributed by atoms with Crippen molar-refractivity contribution >= 4 is 15.8 Å². The van der Waals surface area contributed by atoms with Crippen LogP contribution in [0.3, 0.4) is 0 Å². The molecule has 0 spiro atoms. The Hall–Kier alpha value is -1.99. The summed E-state index contributed by atoms with van der Waals surface area (Å²) in [6, 6.07) is 9.75. The van der Waals surface area contributed by atoms with Gasteiger partial charge in [0.05, 0.1) is 6.54 Å². The topological polar surface area (TPSA) is 63.6 Å². The molecule has 5 nitrogen and oxygen atoms in total. The van der Waals surface area contributed by atoms with Gasteiger partial charge in [-0.05, 0) is 36.6 Å². The zero-order chi connectivity index (χ0) is 17.0. The number of hydrogen-bond acceptors (Lipinski definition) is 3. The number of benzene rings is 1. The maximum Gasteiger partial charge on any atom is 0.272 e. The van der Waals surface area contributed by atoms with Gasteiger partial charge in [0.15, 0.2) is 0 Å². The first-order valence-corrected chi connectivity index (χ1v) is 9.50. The second-order valence-corrected chi connectivity index (χ2v) is 7.79. The zero-order valence-electron chi connectivity index (χ0n) is 13.3. The summed E-state index contributed by atoms with van der Waals surface area (Å²) in [6.07, 6.45) is 4.12. The summed E-state index contributed by atoms with van der Waals surface area (Å²) in [5.74, 6) is 0.507. The van der Waals surface area contributed by atoms with Gasteiger partial charge in [-0.1, -0.05) is 12.1 Å². The highest BCUT2D eigenvalue weighted by atomic mass is 32.2. The van der Waals surface area contributed by atoms with E-state index in [1.165, 1.54) is 22.6 Å². The summed E-state index contributed by atoms with van der Waals surface area (Å²) in [7, 11) is -3.38. The van der Waals surface area contributed by atoms with Crippen molar-refractivity contribution in [2.75, 3.05) is 25.0 Å². The molecule has 24 heavy (non-hydrogen) atoms. The van der Waals surface area contributed by atoms with Crippen LogP contribution in [-0.2, 0) is 16.4 Å². The quantitative estimate of drug-likeness (QED) is 0.868. The van der Waals surface area contributed by atoms with E-state index in [1.54, 1.807) is 24.3 Å². The van der Waals surface area contributed by atoms with Gasteiger partial charge in [0, 0.05) is 25.6 Å². The van der Waals surface area contributed by atoms with E-state index in [0.717, 1.165) is 30.6 Å². The molecule has 0 saturated carbocycles. The zero-order valence-corrected chi connectivity index (χ0v) is 14.2. The molecule has 0 aliphatic carbocycles. The van der Waals surface area contributed by atoms with Gasteiger partial charge >= 0.3 is 0 Å². The van der Waals surface area contributed by atoms with Crippen molar-refractivity contribution in [2.45, 2.75) is 24.2 Å². The Kier molecular flexibility index (Phi) is 5.11. The number of nitrogens with zero attached hydrogens (tertiary/aromatic N) is 1. The predicted octanol–water partition coefficient (Wildman–Crippen LogP) is 2.08. The fourth-order valence-corrected chi connectivity index (χ4v) is 4.24. The summed E-state index contributed by atoms with van der Waals surface area (Å²) in [4.78, 5) is 3.27. The largest absolute Gasteiger partial charge is 0.274 e. The number of aromatic amines is 1. The lowest BCUT2D eigenvalue weighted by Crippen LogP contribution is -2.29. The van der Waals surface area contributed by atoms with Gasteiger partial charge in [0.1, 0.15) is 16.9 Å². The van der Waals surface area contributed by atoms with Gasteiger partial charge in [-0.15, -0.1) is 0 Å². The number of anilines is 1. The van der Waals surface area contributed by atoms with Crippen molar-refractivity contribution in [1.29, 1.82) is 0 Å². The average Bonchev–Trinajstić information content (AvgIpc) is 3.13. The SMILES string of the molecule is O=S(=O)(c1ccc(NCCc2ccc(F)cc2)[nH+]c1)N1CCCC1. The number of halogens is 1. The lowest BCUT2D eigenvalue weighted by Gasteiger charge is -2.14. The van der Waals surface area contributed by atoms with Crippen molar-refractivity contribution in [2.24, 2.45) is 0 Å². The molecule has 0 unspecified atom stereocenters. The highest BCUT2D eigenvalue weighted by Crippen LogP contribution is 2.19. The first-order valence-electron chi connectivity index (χ1n) is 8.06. The van der Waals surface area contributed by atoms with Crippen LogP contribution in [0, 0.1) is 5.82 Å². The molecule has 1 aliphatic heterocycles. The smallest absolute Gasteiger partial charge is 0.272 e. The Morgan fingerprint density at radius 3 is 2.42 bits per heavy atom. The number of rotatable bonds is 6. The van der Waals surface area contributed by atoms with Gasteiger partial charge < -0.3 is 0 Å². The standard InChI is InChI=1S/C17H20FN3O2S/c18-15-5-3-14(4-6-15)9-10-19-17-8-7-16(13-20-17)24(22,23)21-11-1-2-12-21/h3-8,13H,1-2,9-12H2,(H,19,20)/p+1. The molecule has 0 radical (unpaired) electrons. The fraction of sp³-hybridized carbons (Fsp3) is 0.353. The summed E-state index contributed by atoms with van der Waals surface area (Å²) >= 11 is 0. The minimum Gasteiger partial charge on any atom is -0.274 e. The lowest BCUT2D eigenvalue weighted by molar-refractivity contribution is -0.364. The second-order valence-electron chi connectivity index (χ2n) is 5.85. The van der Waals surface area contributed by atoms with Crippen LogP contribution in [-0.4, -0.2) is 32.4 Å². The van der Waals surface area contributed by atoms with E-state index < -0.39 is 10.0 Å². The molecule has 0 amide bonds. The summed E-state index contributed by atoms with van der Waals surface area (Å²) in [6.45, 7) is 1.86. The highest BCUT2D eigenvalue weighted by Gasteiger charge is 2.27. The third-order valence-electron chi connectivity index (χ3n) is 4.13. The molecule has 0 bridgehead atoms. The number of H-pyrrole nitrogens is 1. The summed E-state index contributed by atoms with van der Waals surface area (Å²) in [5.41, 5.74) is 1.04. The minimum absolute atomic E-state index is 0.241. The number of aromatic nitrogens is 1. The molecule has 1 aliphatic rings. The van der Waals surface area contributed by atoms with Crippen LogP contribution in [0.5, 0.6) is 0 Å². The van der Waals surface area contributed by atoms with Gasteiger partial charge in [-0.3, -0.25) is 5.32 Å². The third kappa shape index (κ3) is 3.91. The molecule has 3 rings (SSSR count). The number of hydrogen-bond donors (Lipinski definition) is 1. The van der Waals surface area contributed by atoms with Gasteiger partial charge in [-0.2, -0.15) is 4.31 Å². The van der Waals surface area contributed by atoms with Crippen molar-refractivity contribution < 1.29 is 17.8 Å². The van der Waals surface area contributed by atoms with E-state index in [-0.39, 0.29) is 10.7 Å². The van der Waals surface area contributed by atoms with Crippen LogP contribution in [0.4, 0.5) is 10.2 Å². The molecule has 1 aromatic carbocycles. The first kappa shape index (κ1) is 16.9. The van der Waals surface area contributed by atoms with Crippen molar-refractivity contribution in [3.05, 3.63) is 54.0 Å². The molecule has 1 fully saturated rings. The molecule has 2 aromatic rings. The predicted molar refractivity (Wildman–Crippen MR) is 89.6 cm³/mol. The van der Waals surface area contributed by atoms with Gasteiger partial charge in [0.2, 0.25) is 10.0 Å². The van der Waals surface area contributed by atoms with Crippen molar-refractivity contribution in [3.63, 3.8) is 0 Å². The van der Waals surface area contributed by atoms with E-state index in [4.69, 9.17) is 0 Å². The van der Waals surface area contributed by atoms with E-state index >= 15 is 0 Å². The molecular weight excluding hydrogens is 329 g/mol. The van der Waals surface area contributed by atoms with Crippen LogP contribution in [0.2, 0.25) is 0 Å². The Balaban J connectivity index is 1.57. The normalized spacial score (nSPS) is 15.5. The lowest BCUT2D eigenvalue weighted by atomic mass is 10.1. The molecule has 128 valence electrons. The molecule has 0 atom stereocenters.